The first kappa shape index (κ1) is 15.9. The molecule has 3 heteroatoms. The molecule has 0 spiro atoms. The number of hydrogen-bond donors (Lipinski definition) is 0. The van der Waals surface area contributed by atoms with Crippen molar-refractivity contribution in [2.75, 3.05) is 6.79 Å². The molecule has 1 aromatic carbocycles. The summed E-state index contributed by atoms with van der Waals surface area (Å²) >= 11 is 0. The molecule has 0 bridgehead atoms. The van der Waals surface area contributed by atoms with Crippen LogP contribution in [0.2, 0.25) is 0 Å². The van der Waals surface area contributed by atoms with E-state index in [0.29, 0.717) is 30.8 Å². The van der Waals surface area contributed by atoms with E-state index in [-0.39, 0.29) is 0 Å². The summed E-state index contributed by atoms with van der Waals surface area (Å²) < 4.78 is 10.8. The van der Waals surface area contributed by atoms with Gasteiger partial charge in [-0.25, -0.2) is 0 Å². The molecule has 0 aliphatic carbocycles. The summed E-state index contributed by atoms with van der Waals surface area (Å²) in [5.74, 6) is 3.20. The summed E-state index contributed by atoms with van der Waals surface area (Å²) in [4.78, 5) is 11.0. The Morgan fingerprint density at radius 2 is 2.05 bits per heavy atom. The Kier molecular flexibility index (Phi) is 5.66. The maximum atomic E-state index is 11.0. The highest BCUT2D eigenvalue weighted by molar-refractivity contribution is 5.75. The predicted octanol–water partition coefficient (Wildman–Crippen LogP) is 4.69. The smallest absolute Gasteiger partial charge is 0.231 e. The van der Waals surface area contributed by atoms with Crippen molar-refractivity contribution in [3.8, 4) is 11.5 Å². The molecular weight excluding hydrogens is 264 g/mol. The van der Waals surface area contributed by atoms with Crippen LogP contribution in [0.4, 0.5) is 0 Å². The SMILES string of the molecule is CCC(CC(C)CCCC(C)=O)c1ccc2c(c1)OCO2. The monoisotopic (exact) mass is 290 g/mol. The molecule has 0 amide bonds. The van der Waals surface area contributed by atoms with Crippen molar-refractivity contribution in [2.24, 2.45) is 5.92 Å². The molecule has 0 N–H and O–H groups in total. The first-order chi connectivity index (χ1) is 10.1. The maximum absolute atomic E-state index is 11.0. The van der Waals surface area contributed by atoms with Gasteiger partial charge in [-0.2, -0.15) is 0 Å². The standard InChI is InChI=1S/C18H26O3/c1-4-15(10-13(2)6-5-7-14(3)19)16-8-9-17-18(11-16)21-12-20-17/h8-9,11,13,15H,4-7,10,12H2,1-3H3. The average molecular weight is 290 g/mol. The molecule has 0 aromatic heterocycles. The van der Waals surface area contributed by atoms with Gasteiger partial charge in [0, 0.05) is 6.42 Å². The Labute approximate surface area is 127 Å². The second kappa shape index (κ2) is 7.48. The predicted molar refractivity (Wildman–Crippen MR) is 83.9 cm³/mol. The van der Waals surface area contributed by atoms with Crippen molar-refractivity contribution in [3.63, 3.8) is 0 Å². The van der Waals surface area contributed by atoms with Gasteiger partial charge in [-0.3, -0.25) is 0 Å². The van der Waals surface area contributed by atoms with E-state index in [2.05, 4.69) is 26.0 Å². The molecule has 0 fully saturated rings. The number of benzene rings is 1. The lowest BCUT2D eigenvalue weighted by Gasteiger charge is -2.20. The molecule has 0 saturated heterocycles. The van der Waals surface area contributed by atoms with E-state index in [9.17, 15) is 4.79 Å². The van der Waals surface area contributed by atoms with Crippen LogP contribution in [-0.2, 0) is 4.79 Å². The number of ether oxygens (including phenoxy) is 2. The lowest BCUT2D eigenvalue weighted by atomic mass is 9.85. The number of Topliss-reactive ketones (excluding diaryl/α,β-unsaturated/α-hetero) is 1. The second-order valence-electron chi connectivity index (χ2n) is 6.15. The Morgan fingerprint density at radius 3 is 2.76 bits per heavy atom. The van der Waals surface area contributed by atoms with Gasteiger partial charge in [-0.1, -0.05) is 26.3 Å². The van der Waals surface area contributed by atoms with Crippen LogP contribution in [0.15, 0.2) is 18.2 Å². The molecule has 2 atom stereocenters. The molecule has 2 unspecified atom stereocenters. The minimum absolute atomic E-state index is 0.296. The van der Waals surface area contributed by atoms with Crippen molar-refractivity contribution in [3.05, 3.63) is 23.8 Å². The van der Waals surface area contributed by atoms with E-state index in [4.69, 9.17) is 9.47 Å². The molecule has 0 radical (unpaired) electrons. The Bertz CT molecular complexity index is 481. The summed E-state index contributed by atoms with van der Waals surface area (Å²) in [5, 5.41) is 0. The van der Waals surface area contributed by atoms with E-state index >= 15 is 0 Å². The summed E-state index contributed by atoms with van der Waals surface area (Å²) in [7, 11) is 0. The molecule has 1 aliphatic rings. The molecule has 2 rings (SSSR count). The van der Waals surface area contributed by atoms with Crippen LogP contribution in [-0.4, -0.2) is 12.6 Å². The van der Waals surface area contributed by atoms with E-state index in [1.165, 1.54) is 5.56 Å². The van der Waals surface area contributed by atoms with Gasteiger partial charge in [0.05, 0.1) is 0 Å². The van der Waals surface area contributed by atoms with Crippen molar-refractivity contribution >= 4 is 5.78 Å². The minimum atomic E-state index is 0.296. The molecule has 0 saturated carbocycles. The third-order valence-electron chi connectivity index (χ3n) is 4.27. The van der Waals surface area contributed by atoms with Crippen molar-refractivity contribution in [1.29, 1.82) is 0 Å². The van der Waals surface area contributed by atoms with E-state index in [1.807, 2.05) is 6.07 Å². The Morgan fingerprint density at radius 1 is 1.29 bits per heavy atom. The number of hydrogen-bond acceptors (Lipinski definition) is 3. The van der Waals surface area contributed by atoms with Crippen LogP contribution in [0.3, 0.4) is 0 Å². The van der Waals surface area contributed by atoms with Crippen LogP contribution >= 0.6 is 0 Å². The average Bonchev–Trinajstić information content (AvgIpc) is 2.91. The van der Waals surface area contributed by atoms with Gasteiger partial charge in [0.2, 0.25) is 6.79 Å². The maximum Gasteiger partial charge on any atom is 0.231 e. The molecule has 116 valence electrons. The zero-order valence-electron chi connectivity index (χ0n) is 13.4. The highest BCUT2D eigenvalue weighted by Gasteiger charge is 2.18. The number of ketones is 1. The van der Waals surface area contributed by atoms with Gasteiger partial charge >= 0.3 is 0 Å². The van der Waals surface area contributed by atoms with Crippen LogP contribution in [0.25, 0.3) is 0 Å². The largest absolute Gasteiger partial charge is 0.454 e. The van der Waals surface area contributed by atoms with Crippen LogP contribution in [0.5, 0.6) is 11.5 Å². The highest BCUT2D eigenvalue weighted by atomic mass is 16.7. The van der Waals surface area contributed by atoms with Crippen LogP contribution in [0, 0.1) is 5.92 Å². The zero-order valence-corrected chi connectivity index (χ0v) is 13.4. The van der Waals surface area contributed by atoms with E-state index in [0.717, 1.165) is 37.2 Å². The fourth-order valence-corrected chi connectivity index (χ4v) is 3.01. The summed E-state index contributed by atoms with van der Waals surface area (Å²) in [6, 6.07) is 6.30. The van der Waals surface area contributed by atoms with Gasteiger partial charge < -0.3 is 14.3 Å². The first-order valence-electron chi connectivity index (χ1n) is 7.99. The quantitative estimate of drug-likeness (QED) is 0.696. The molecule has 1 aromatic rings. The minimum Gasteiger partial charge on any atom is -0.454 e. The summed E-state index contributed by atoms with van der Waals surface area (Å²) in [5.41, 5.74) is 1.33. The first-order valence-corrected chi connectivity index (χ1v) is 7.99. The van der Waals surface area contributed by atoms with Crippen molar-refractivity contribution in [1.82, 2.24) is 0 Å². The van der Waals surface area contributed by atoms with Gasteiger partial charge in [-0.05, 0) is 55.7 Å². The number of rotatable bonds is 8. The Hall–Kier alpha value is -1.51. The van der Waals surface area contributed by atoms with Crippen molar-refractivity contribution in [2.45, 2.75) is 58.8 Å². The molecule has 21 heavy (non-hydrogen) atoms. The fraction of sp³-hybridized carbons (Fsp3) is 0.611. The Balaban J connectivity index is 1.91. The molecular formula is C18H26O3. The van der Waals surface area contributed by atoms with E-state index in [1.54, 1.807) is 6.92 Å². The molecule has 1 heterocycles. The number of carbonyl (C=O) groups is 1. The summed E-state index contributed by atoms with van der Waals surface area (Å²) in [6.45, 7) is 6.52. The lowest BCUT2D eigenvalue weighted by Crippen LogP contribution is -2.05. The number of fused-ring (bicyclic) bond motifs is 1. The third-order valence-corrected chi connectivity index (χ3v) is 4.27. The normalized spacial score (nSPS) is 15.8. The molecule has 1 aliphatic heterocycles. The highest BCUT2D eigenvalue weighted by Crippen LogP contribution is 2.37. The lowest BCUT2D eigenvalue weighted by molar-refractivity contribution is -0.117. The molecule has 3 nitrogen and oxygen atoms in total. The third kappa shape index (κ3) is 4.48. The van der Waals surface area contributed by atoms with Crippen LogP contribution in [0.1, 0.15) is 64.4 Å². The summed E-state index contributed by atoms with van der Waals surface area (Å²) in [6.07, 6.45) is 5.13. The number of carbonyl (C=O) groups excluding carboxylic acids is 1. The van der Waals surface area contributed by atoms with Gasteiger partial charge in [-0.15, -0.1) is 0 Å². The van der Waals surface area contributed by atoms with Gasteiger partial charge in [0.25, 0.3) is 0 Å². The zero-order chi connectivity index (χ0) is 15.2. The van der Waals surface area contributed by atoms with E-state index < -0.39 is 0 Å². The topological polar surface area (TPSA) is 35.5 Å². The van der Waals surface area contributed by atoms with Crippen LogP contribution < -0.4 is 9.47 Å². The van der Waals surface area contributed by atoms with Crippen molar-refractivity contribution < 1.29 is 14.3 Å². The second-order valence-corrected chi connectivity index (χ2v) is 6.15. The van der Waals surface area contributed by atoms with Gasteiger partial charge in [0.15, 0.2) is 11.5 Å². The van der Waals surface area contributed by atoms with Gasteiger partial charge in [0.1, 0.15) is 5.78 Å². The fourth-order valence-electron chi connectivity index (χ4n) is 3.01.